The number of benzene rings is 1. The number of hydrogen-bond acceptors (Lipinski definition) is 4. The topological polar surface area (TPSA) is 60.4 Å². The van der Waals surface area contributed by atoms with E-state index >= 15 is 0 Å². The molecule has 1 aromatic rings. The third-order valence-electron chi connectivity index (χ3n) is 7.22. The van der Waals surface area contributed by atoms with Gasteiger partial charge in [0.2, 0.25) is 0 Å². The molecule has 5 heteroatoms. The summed E-state index contributed by atoms with van der Waals surface area (Å²) in [5.74, 6) is -0.289. The molecule has 0 amide bonds. The van der Waals surface area contributed by atoms with Gasteiger partial charge in [-0.15, -0.1) is 0 Å². The molecule has 0 saturated heterocycles. The fourth-order valence-electron chi connectivity index (χ4n) is 5.18. The van der Waals surface area contributed by atoms with Gasteiger partial charge in [-0.3, -0.25) is 4.79 Å². The van der Waals surface area contributed by atoms with E-state index in [4.69, 9.17) is 4.74 Å². The highest BCUT2D eigenvalue weighted by molar-refractivity contribution is 7.92. The molecule has 1 fully saturated rings. The molecular weight excluding hydrogens is 384 g/mol. The van der Waals surface area contributed by atoms with E-state index in [9.17, 15) is 13.2 Å². The summed E-state index contributed by atoms with van der Waals surface area (Å²) in [5.41, 5.74) is 2.53. The number of rotatable bonds is 5. The number of sulfone groups is 1. The molecule has 29 heavy (non-hydrogen) atoms. The second-order valence-corrected chi connectivity index (χ2v) is 11.1. The van der Waals surface area contributed by atoms with E-state index in [1.165, 1.54) is 18.3 Å². The summed E-state index contributed by atoms with van der Waals surface area (Å²) in [6, 6.07) is 8.22. The van der Waals surface area contributed by atoms with Crippen molar-refractivity contribution in [3.8, 4) is 0 Å². The Labute approximate surface area is 175 Å². The van der Waals surface area contributed by atoms with E-state index in [-0.39, 0.29) is 22.1 Å². The normalized spacial score (nSPS) is 30.6. The summed E-state index contributed by atoms with van der Waals surface area (Å²) in [5, 5.41) is -1.21. The Bertz CT molecular complexity index is 915. The molecule has 0 aromatic heterocycles. The molecule has 158 valence electrons. The van der Waals surface area contributed by atoms with Crippen molar-refractivity contribution in [2.24, 2.45) is 23.2 Å². The monoisotopic (exact) mass is 416 g/mol. The summed E-state index contributed by atoms with van der Waals surface area (Å²) >= 11 is 0. The molecule has 3 rings (SSSR count). The summed E-state index contributed by atoms with van der Waals surface area (Å²) in [6.45, 7) is 10.7. The number of methoxy groups -OCH3 is 1. The highest BCUT2D eigenvalue weighted by atomic mass is 32.2. The fourth-order valence-corrected chi connectivity index (χ4v) is 7.01. The molecule has 0 heterocycles. The molecular formula is C24H32O4S. The second kappa shape index (κ2) is 8.10. The van der Waals surface area contributed by atoms with Crippen molar-refractivity contribution in [1.82, 2.24) is 0 Å². The third-order valence-corrected chi connectivity index (χ3v) is 9.36. The minimum absolute atomic E-state index is 0.0234. The number of esters is 1. The summed E-state index contributed by atoms with van der Waals surface area (Å²) < 4.78 is 31.7. The summed E-state index contributed by atoms with van der Waals surface area (Å²) in [4.78, 5) is 12.8. The summed E-state index contributed by atoms with van der Waals surface area (Å²) in [7, 11) is -2.59. The first-order chi connectivity index (χ1) is 13.6. The van der Waals surface area contributed by atoms with Crippen LogP contribution in [0.25, 0.3) is 0 Å². The Hall–Kier alpha value is -1.88. The van der Waals surface area contributed by atoms with Crippen molar-refractivity contribution in [2.75, 3.05) is 7.11 Å². The van der Waals surface area contributed by atoms with Gasteiger partial charge in [0.05, 0.1) is 12.0 Å². The Morgan fingerprint density at radius 2 is 1.93 bits per heavy atom. The maximum absolute atomic E-state index is 13.4. The van der Waals surface area contributed by atoms with Crippen LogP contribution < -0.4 is 0 Å². The summed E-state index contributed by atoms with van der Waals surface area (Å²) in [6.07, 6.45) is 5.72. The molecule has 5 atom stereocenters. The maximum Gasteiger partial charge on any atom is 0.325 e. The van der Waals surface area contributed by atoms with Crippen LogP contribution >= 0.6 is 0 Å². The SMILES string of the molecule is C=C(C)C1CCC2=CC(C(C(=O)OC)S(=O)(=O)c3ccccc3)C[C@@H](C)[C@]2(C)C1. The van der Waals surface area contributed by atoms with E-state index in [1.54, 1.807) is 30.3 Å². The Morgan fingerprint density at radius 3 is 2.52 bits per heavy atom. The zero-order valence-corrected chi connectivity index (χ0v) is 18.7. The Kier molecular flexibility index (Phi) is 6.09. The third kappa shape index (κ3) is 3.94. The van der Waals surface area contributed by atoms with E-state index in [2.05, 4.69) is 33.4 Å². The first kappa shape index (κ1) is 21.8. The largest absolute Gasteiger partial charge is 0.468 e. The molecule has 0 N–H and O–H groups in total. The van der Waals surface area contributed by atoms with Gasteiger partial charge in [0.1, 0.15) is 0 Å². The lowest BCUT2D eigenvalue weighted by Gasteiger charge is -2.49. The van der Waals surface area contributed by atoms with Crippen LogP contribution in [0.1, 0.15) is 46.5 Å². The molecule has 1 saturated carbocycles. The van der Waals surface area contributed by atoms with E-state index < -0.39 is 21.1 Å². The van der Waals surface area contributed by atoms with Crippen molar-refractivity contribution in [1.29, 1.82) is 0 Å². The number of ether oxygens (including phenoxy) is 1. The zero-order chi connectivity index (χ0) is 21.4. The lowest BCUT2D eigenvalue weighted by Crippen LogP contribution is -2.45. The molecule has 0 bridgehead atoms. The molecule has 0 radical (unpaired) electrons. The van der Waals surface area contributed by atoms with Crippen LogP contribution in [0.3, 0.4) is 0 Å². The van der Waals surface area contributed by atoms with Crippen LogP contribution in [-0.4, -0.2) is 26.7 Å². The first-order valence-corrected chi connectivity index (χ1v) is 11.9. The van der Waals surface area contributed by atoms with Crippen molar-refractivity contribution in [3.63, 3.8) is 0 Å². The smallest absolute Gasteiger partial charge is 0.325 e. The molecule has 1 aromatic carbocycles. The van der Waals surface area contributed by atoms with Crippen LogP contribution in [0.4, 0.5) is 0 Å². The zero-order valence-electron chi connectivity index (χ0n) is 17.9. The standard InChI is InChI=1S/C24H32O4S/c1-16(2)18-11-12-20-14-19(13-17(3)24(20,4)15-18)22(23(25)28-5)29(26,27)21-9-7-6-8-10-21/h6-10,14,17-19,22H,1,11-13,15H2,2-5H3/t17-,18?,19?,22?,24+/m1/s1. The van der Waals surface area contributed by atoms with Gasteiger partial charge in [-0.2, -0.15) is 0 Å². The Morgan fingerprint density at radius 1 is 1.28 bits per heavy atom. The van der Waals surface area contributed by atoms with Crippen molar-refractivity contribution >= 4 is 15.8 Å². The molecule has 0 aliphatic heterocycles. The quantitative estimate of drug-likeness (QED) is 0.502. The molecule has 2 aliphatic carbocycles. The lowest BCUT2D eigenvalue weighted by molar-refractivity contribution is -0.141. The minimum atomic E-state index is -3.85. The van der Waals surface area contributed by atoms with Gasteiger partial charge in [0.15, 0.2) is 15.1 Å². The molecule has 4 nitrogen and oxygen atoms in total. The van der Waals surface area contributed by atoms with Crippen molar-refractivity contribution in [3.05, 3.63) is 54.1 Å². The van der Waals surface area contributed by atoms with E-state index in [1.807, 2.05) is 0 Å². The molecule has 2 aliphatic rings. The maximum atomic E-state index is 13.4. The van der Waals surface area contributed by atoms with Gasteiger partial charge in [0.25, 0.3) is 0 Å². The van der Waals surface area contributed by atoms with E-state index in [0.717, 1.165) is 19.3 Å². The predicted octanol–water partition coefficient (Wildman–Crippen LogP) is 4.97. The highest BCUT2D eigenvalue weighted by Gasteiger charge is 2.49. The fraction of sp³-hybridized carbons (Fsp3) is 0.542. The van der Waals surface area contributed by atoms with Gasteiger partial charge in [0, 0.05) is 5.92 Å². The van der Waals surface area contributed by atoms with Crippen molar-refractivity contribution in [2.45, 2.75) is 56.6 Å². The van der Waals surface area contributed by atoms with Crippen LogP contribution in [0.2, 0.25) is 0 Å². The van der Waals surface area contributed by atoms with Crippen LogP contribution in [-0.2, 0) is 19.4 Å². The van der Waals surface area contributed by atoms with Gasteiger partial charge in [-0.25, -0.2) is 8.42 Å². The number of carbonyl (C=O) groups is 1. The minimum Gasteiger partial charge on any atom is -0.468 e. The second-order valence-electron chi connectivity index (χ2n) is 9.00. The first-order valence-electron chi connectivity index (χ1n) is 10.3. The highest BCUT2D eigenvalue weighted by Crippen LogP contribution is 2.55. The van der Waals surface area contributed by atoms with Crippen LogP contribution in [0.5, 0.6) is 0 Å². The number of carbonyl (C=O) groups excluding carboxylic acids is 1. The number of fused-ring (bicyclic) bond motifs is 1. The number of hydrogen-bond donors (Lipinski definition) is 0. The van der Waals surface area contributed by atoms with Gasteiger partial charge >= 0.3 is 5.97 Å². The van der Waals surface area contributed by atoms with Crippen molar-refractivity contribution < 1.29 is 17.9 Å². The molecule has 3 unspecified atom stereocenters. The Balaban J connectivity index is 2.01. The number of allylic oxidation sites excluding steroid dienone is 3. The average Bonchev–Trinajstić information content (AvgIpc) is 2.69. The van der Waals surface area contributed by atoms with E-state index in [0.29, 0.717) is 12.3 Å². The van der Waals surface area contributed by atoms with Crippen LogP contribution in [0, 0.1) is 23.2 Å². The van der Waals surface area contributed by atoms with Gasteiger partial charge in [-0.1, -0.05) is 55.8 Å². The van der Waals surface area contributed by atoms with Gasteiger partial charge < -0.3 is 4.74 Å². The van der Waals surface area contributed by atoms with Crippen LogP contribution in [0.15, 0.2) is 59.0 Å². The van der Waals surface area contributed by atoms with Gasteiger partial charge in [-0.05, 0) is 62.0 Å². The average molecular weight is 417 g/mol. The lowest BCUT2D eigenvalue weighted by atomic mass is 9.56. The molecule has 0 spiro atoms. The predicted molar refractivity (Wildman–Crippen MR) is 115 cm³/mol.